The molecule has 0 saturated heterocycles. The lowest BCUT2D eigenvalue weighted by atomic mass is 10.2. The summed E-state index contributed by atoms with van der Waals surface area (Å²) >= 11 is 0. The summed E-state index contributed by atoms with van der Waals surface area (Å²) in [6.45, 7) is 0. The van der Waals surface area contributed by atoms with E-state index in [0.29, 0.717) is 11.4 Å². The Kier molecular flexibility index (Phi) is 3.83. The molecule has 0 aromatic heterocycles. The van der Waals surface area contributed by atoms with Gasteiger partial charge >= 0.3 is 0 Å². The molecule has 1 amide bonds. The fourth-order valence-electron chi connectivity index (χ4n) is 1.51. The first-order chi connectivity index (χ1) is 9.13. The molecule has 0 fully saturated rings. The number of hydrogen-bond acceptors (Lipinski definition) is 3. The Morgan fingerprint density at radius 1 is 1.05 bits per heavy atom. The monoisotopic (exact) mass is 254 g/mol. The van der Waals surface area contributed by atoms with Crippen LogP contribution in [0.4, 0.5) is 11.4 Å². The molecule has 0 aliphatic heterocycles. The van der Waals surface area contributed by atoms with Crippen molar-refractivity contribution in [2.45, 2.75) is 0 Å². The van der Waals surface area contributed by atoms with Gasteiger partial charge in [0.1, 0.15) is 5.75 Å². The summed E-state index contributed by atoms with van der Waals surface area (Å²) in [7, 11) is 0. The number of anilines is 2. The van der Waals surface area contributed by atoms with Crippen molar-refractivity contribution in [3.8, 4) is 5.75 Å². The quantitative estimate of drug-likeness (QED) is 0.447. The minimum atomic E-state index is -0.234. The molecule has 0 heterocycles. The first-order valence-electron chi connectivity index (χ1n) is 5.77. The van der Waals surface area contributed by atoms with Crippen molar-refractivity contribution in [1.29, 1.82) is 0 Å². The maximum atomic E-state index is 11.7. The molecule has 0 aliphatic rings. The number of phenols is 1. The molecule has 0 radical (unpaired) electrons. The topological polar surface area (TPSA) is 75.4 Å². The molecule has 2 rings (SSSR count). The van der Waals surface area contributed by atoms with Gasteiger partial charge in [0.2, 0.25) is 5.91 Å². The van der Waals surface area contributed by atoms with E-state index in [4.69, 9.17) is 10.8 Å². The number of rotatable bonds is 3. The molecule has 4 N–H and O–H groups in total. The van der Waals surface area contributed by atoms with Gasteiger partial charge in [-0.25, -0.2) is 0 Å². The number of nitrogens with two attached hydrogens (primary N) is 1. The molecule has 19 heavy (non-hydrogen) atoms. The second-order valence-corrected chi connectivity index (χ2v) is 4.04. The molecule has 0 saturated carbocycles. The fourth-order valence-corrected chi connectivity index (χ4v) is 1.51. The van der Waals surface area contributed by atoms with Crippen LogP contribution < -0.4 is 11.1 Å². The number of carbonyl (C=O) groups excluding carboxylic acids is 1. The predicted molar refractivity (Wildman–Crippen MR) is 76.6 cm³/mol. The van der Waals surface area contributed by atoms with Gasteiger partial charge in [0.05, 0.1) is 0 Å². The van der Waals surface area contributed by atoms with Crippen LogP contribution in [0, 0.1) is 0 Å². The molecule has 0 bridgehead atoms. The molecule has 4 heteroatoms. The molecule has 2 aromatic rings. The van der Waals surface area contributed by atoms with Crippen molar-refractivity contribution in [3.05, 3.63) is 60.2 Å². The number of phenolic OH excluding ortho intramolecular Hbond substituents is 1. The van der Waals surface area contributed by atoms with Crippen molar-refractivity contribution in [2.75, 3.05) is 11.1 Å². The Hall–Kier alpha value is -2.75. The molecular formula is C15H14N2O2. The standard InChI is InChI=1S/C15H14N2O2/c16-12-4-1-11(2-5-12)3-10-15(19)17-13-6-8-14(18)9-7-13/h1-10,18H,16H2,(H,17,19)/b10-3+. The van der Waals surface area contributed by atoms with Crippen LogP contribution in [0.2, 0.25) is 0 Å². The van der Waals surface area contributed by atoms with E-state index >= 15 is 0 Å². The molecule has 2 aromatic carbocycles. The van der Waals surface area contributed by atoms with Crippen molar-refractivity contribution in [2.24, 2.45) is 0 Å². The zero-order valence-corrected chi connectivity index (χ0v) is 10.2. The number of benzene rings is 2. The molecule has 0 unspecified atom stereocenters. The van der Waals surface area contributed by atoms with Crippen molar-refractivity contribution in [1.82, 2.24) is 0 Å². The van der Waals surface area contributed by atoms with Crippen LogP contribution in [0.15, 0.2) is 54.6 Å². The SMILES string of the molecule is Nc1ccc(/C=C/C(=O)Nc2ccc(O)cc2)cc1. The average molecular weight is 254 g/mol. The Bertz CT molecular complexity index is 587. The molecule has 4 nitrogen and oxygen atoms in total. The lowest BCUT2D eigenvalue weighted by Crippen LogP contribution is -2.07. The first kappa shape index (κ1) is 12.7. The summed E-state index contributed by atoms with van der Waals surface area (Å²) in [6, 6.07) is 13.5. The molecule has 96 valence electrons. The van der Waals surface area contributed by atoms with Crippen LogP contribution in [0.3, 0.4) is 0 Å². The van der Waals surface area contributed by atoms with Gasteiger partial charge in [-0.15, -0.1) is 0 Å². The van der Waals surface area contributed by atoms with Gasteiger partial charge in [0.25, 0.3) is 0 Å². The fraction of sp³-hybridized carbons (Fsp3) is 0. The highest BCUT2D eigenvalue weighted by molar-refractivity contribution is 6.01. The number of amides is 1. The largest absolute Gasteiger partial charge is 0.508 e. The number of nitrogens with one attached hydrogen (secondary N) is 1. The van der Waals surface area contributed by atoms with E-state index in [1.807, 2.05) is 12.1 Å². The van der Waals surface area contributed by atoms with Gasteiger partial charge in [0, 0.05) is 17.5 Å². The minimum Gasteiger partial charge on any atom is -0.508 e. The van der Waals surface area contributed by atoms with E-state index in [1.165, 1.54) is 18.2 Å². The zero-order chi connectivity index (χ0) is 13.7. The van der Waals surface area contributed by atoms with Crippen LogP contribution in [-0.4, -0.2) is 11.0 Å². The van der Waals surface area contributed by atoms with E-state index < -0.39 is 0 Å². The van der Waals surface area contributed by atoms with E-state index in [2.05, 4.69) is 5.32 Å². The lowest BCUT2D eigenvalue weighted by molar-refractivity contribution is -0.111. The highest BCUT2D eigenvalue weighted by atomic mass is 16.3. The number of aromatic hydroxyl groups is 1. The van der Waals surface area contributed by atoms with Gasteiger partial charge in [-0.1, -0.05) is 12.1 Å². The van der Waals surface area contributed by atoms with Gasteiger partial charge in [0.15, 0.2) is 0 Å². The van der Waals surface area contributed by atoms with Crippen molar-refractivity contribution in [3.63, 3.8) is 0 Å². The predicted octanol–water partition coefficient (Wildman–Crippen LogP) is 2.63. The average Bonchev–Trinajstić information content (AvgIpc) is 2.41. The second-order valence-electron chi connectivity index (χ2n) is 4.04. The molecule has 0 spiro atoms. The van der Waals surface area contributed by atoms with E-state index in [9.17, 15) is 4.79 Å². The van der Waals surface area contributed by atoms with Crippen LogP contribution in [0.25, 0.3) is 6.08 Å². The van der Waals surface area contributed by atoms with E-state index in [0.717, 1.165) is 5.56 Å². The first-order valence-corrected chi connectivity index (χ1v) is 5.77. The smallest absolute Gasteiger partial charge is 0.248 e. The number of carbonyl (C=O) groups is 1. The summed E-state index contributed by atoms with van der Waals surface area (Å²) in [5, 5.41) is 11.8. The Morgan fingerprint density at radius 2 is 1.68 bits per heavy atom. The zero-order valence-electron chi connectivity index (χ0n) is 10.2. The second kappa shape index (κ2) is 5.73. The summed E-state index contributed by atoms with van der Waals surface area (Å²) < 4.78 is 0. The Labute approximate surface area is 111 Å². The third kappa shape index (κ3) is 3.89. The van der Waals surface area contributed by atoms with Gasteiger partial charge < -0.3 is 16.2 Å². The summed E-state index contributed by atoms with van der Waals surface area (Å²) in [4.78, 5) is 11.7. The molecule has 0 aliphatic carbocycles. The normalized spacial score (nSPS) is 10.5. The third-order valence-corrected chi connectivity index (χ3v) is 2.50. The van der Waals surface area contributed by atoms with E-state index in [-0.39, 0.29) is 11.7 Å². The number of nitrogen functional groups attached to an aromatic ring is 1. The summed E-state index contributed by atoms with van der Waals surface area (Å²) in [5.74, 6) is -0.0714. The van der Waals surface area contributed by atoms with Gasteiger partial charge in [-0.05, 0) is 48.0 Å². The van der Waals surface area contributed by atoms with Gasteiger partial charge in [-0.3, -0.25) is 4.79 Å². The van der Waals surface area contributed by atoms with Crippen LogP contribution in [0.5, 0.6) is 5.75 Å². The lowest BCUT2D eigenvalue weighted by Gasteiger charge is -2.01. The summed E-state index contributed by atoms with van der Waals surface area (Å²) in [5.41, 5.74) is 7.79. The van der Waals surface area contributed by atoms with Crippen LogP contribution in [-0.2, 0) is 4.79 Å². The third-order valence-electron chi connectivity index (χ3n) is 2.50. The van der Waals surface area contributed by atoms with Crippen LogP contribution in [0.1, 0.15) is 5.56 Å². The summed E-state index contributed by atoms with van der Waals surface area (Å²) in [6.07, 6.45) is 3.15. The molecule has 0 atom stereocenters. The highest BCUT2D eigenvalue weighted by Crippen LogP contribution is 2.13. The minimum absolute atomic E-state index is 0.162. The highest BCUT2D eigenvalue weighted by Gasteiger charge is 1.97. The molecular weight excluding hydrogens is 240 g/mol. The van der Waals surface area contributed by atoms with Gasteiger partial charge in [-0.2, -0.15) is 0 Å². The van der Waals surface area contributed by atoms with Crippen molar-refractivity contribution >= 4 is 23.4 Å². The maximum Gasteiger partial charge on any atom is 0.248 e. The Balaban J connectivity index is 1.97. The van der Waals surface area contributed by atoms with Crippen LogP contribution >= 0.6 is 0 Å². The van der Waals surface area contributed by atoms with E-state index in [1.54, 1.807) is 30.3 Å². The van der Waals surface area contributed by atoms with Crippen molar-refractivity contribution < 1.29 is 9.90 Å². The maximum absolute atomic E-state index is 11.7. The number of hydrogen-bond donors (Lipinski definition) is 3. The Morgan fingerprint density at radius 3 is 2.32 bits per heavy atom.